The maximum Gasteiger partial charge on any atom is 0.326 e. The molecule has 0 bridgehead atoms. The summed E-state index contributed by atoms with van der Waals surface area (Å²) in [6.07, 6.45) is 3.42. The van der Waals surface area contributed by atoms with Gasteiger partial charge in [-0.25, -0.2) is 14.4 Å². The molecule has 0 aromatic heterocycles. The van der Waals surface area contributed by atoms with E-state index in [4.69, 9.17) is 0 Å². The van der Waals surface area contributed by atoms with Gasteiger partial charge in [0.2, 0.25) is 0 Å². The first-order chi connectivity index (χ1) is 13.4. The van der Waals surface area contributed by atoms with Crippen molar-refractivity contribution in [2.45, 2.75) is 31.7 Å². The molecule has 8 nitrogen and oxygen atoms in total. The first-order valence-electron chi connectivity index (χ1n) is 9.67. The van der Waals surface area contributed by atoms with Crippen molar-refractivity contribution in [1.29, 1.82) is 0 Å². The maximum atomic E-state index is 12.4. The molecular formula is C20H30N4O4. The number of likely N-dealkylation sites (N-methyl/N-ethyl adjacent to an activating group) is 2. The predicted molar refractivity (Wildman–Crippen MR) is 106 cm³/mol. The molecule has 1 aliphatic rings. The minimum atomic E-state index is -1.08. The molecule has 8 heteroatoms. The highest BCUT2D eigenvalue weighted by molar-refractivity contribution is 5.82. The Balaban J connectivity index is 1.81. The number of rotatable bonds is 7. The molecule has 1 aromatic carbocycles. The molecule has 1 aliphatic heterocycles. The smallest absolute Gasteiger partial charge is 0.326 e. The normalized spacial score (nSPS) is 14.9. The summed E-state index contributed by atoms with van der Waals surface area (Å²) >= 11 is 0. The number of urea groups is 2. The molecule has 0 aliphatic carbocycles. The van der Waals surface area contributed by atoms with Crippen LogP contribution in [0.15, 0.2) is 30.3 Å². The van der Waals surface area contributed by atoms with Gasteiger partial charge in [-0.15, -0.1) is 0 Å². The van der Waals surface area contributed by atoms with Crippen molar-refractivity contribution in [3.8, 4) is 0 Å². The van der Waals surface area contributed by atoms with Gasteiger partial charge < -0.3 is 25.1 Å². The van der Waals surface area contributed by atoms with Crippen molar-refractivity contribution in [1.82, 2.24) is 20.0 Å². The van der Waals surface area contributed by atoms with Crippen molar-refractivity contribution in [3.63, 3.8) is 0 Å². The number of piperidine rings is 1. The number of carbonyl (C=O) groups is 3. The summed E-state index contributed by atoms with van der Waals surface area (Å²) in [5.41, 5.74) is 0.838. The van der Waals surface area contributed by atoms with E-state index in [1.54, 1.807) is 19.0 Å². The summed E-state index contributed by atoms with van der Waals surface area (Å²) < 4.78 is 0. The van der Waals surface area contributed by atoms with Crippen molar-refractivity contribution in [2.24, 2.45) is 0 Å². The van der Waals surface area contributed by atoms with Crippen LogP contribution < -0.4 is 5.32 Å². The SMILES string of the molecule is CN(CCN(C)C(=O)N1CCCCC1)C(=O)N[C@@H](Cc1ccccc1)C(=O)O. The zero-order valence-electron chi connectivity index (χ0n) is 16.6. The van der Waals surface area contributed by atoms with E-state index in [0.717, 1.165) is 37.9 Å². The largest absolute Gasteiger partial charge is 0.480 e. The van der Waals surface area contributed by atoms with Crippen LogP contribution in [0.25, 0.3) is 0 Å². The van der Waals surface area contributed by atoms with E-state index in [1.807, 2.05) is 35.2 Å². The first-order valence-corrected chi connectivity index (χ1v) is 9.67. The van der Waals surface area contributed by atoms with Crippen LogP contribution in [0.4, 0.5) is 9.59 Å². The number of nitrogens with zero attached hydrogens (tertiary/aromatic N) is 3. The van der Waals surface area contributed by atoms with Gasteiger partial charge in [0.05, 0.1) is 0 Å². The molecule has 28 heavy (non-hydrogen) atoms. The second-order valence-corrected chi connectivity index (χ2v) is 7.20. The number of aliphatic carboxylic acids is 1. The predicted octanol–water partition coefficient (Wildman–Crippen LogP) is 1.86. The monoisotopic (exact) mass is 390 g/mol. The Bertz CT molecular complexity index is 661. The lowest BCUT2D eigenvalue weighted by atomic mass is 10.1. The number of nitrogens with one attached hydrogen (secondary N) is 1. The molecular weight excluding hydrogens is 360 g/mol. The molecule has 0 unspecified atom stereocenters. The number of hydrogen-bond donors (Lipinski definition) is 2. The van der Waals surface area contributed by atoms with Gasteiger partial charge in [0.1, 0.15) is 6.04 Å². The van der Waals surface area contributed by atoms with Crippen LogP contribution in [0.1, 0.15) is 24.8 Å². The standard InChI is InChI=1S/C20H30N4O4/c1-22(13-14-23(2)20(28)24-11-7-4-8-12-24)19(27)21-17(18(25)26)15-16-9-5-3-6-10-16/h3,5-6,9-10,17H,4,7-8,11-15H2,1-2H3,(H,21,27)(H,25,26)/t17-/m0/s1. The Labute approximate surface area is 166 Å². The molecule has 1 aromatic rings. The minimum Gasteiger partial charge on any atom is -0.480 e. The zero-order valence-corrected chi connectivity index (χ0v) is 16.6. The fourth-order valence-electron chi connectivity index (χ4n) is 3.13. The molecule has 1 fully saturated rings. The summed E-state index contributed by atoms with van der Waals surface area (Å²) in [5.74, 6) is -1.08. The van der Waals surface area contributed by atoms with E-state index in [2.05, 4.69) is 5.32 Å². The van der Waals surface area contributed by atoms with Crippen LogP contribution in [-0.4, -0.2) is 84.2 Å². The summed E-state index contributed by atoms with van der Waals surface area (Å²) in [4.78, 5) is 41.1. The fraction of sp³-hybridized carbons (Fsp3) is 0.550. The molecule has 0 radical (unpaired) electrons. The van der Waals surface area contributed by atoms with Crippen LogP contribution in [0, 0.1) is 0 Å². The van der Waals surface area contributed by atoms with E-state index >= 15 is 0 Å². The van der Waals surface area contributed by atoms with E-state index in [0.29, 0.717) is 13.1 Å². The van der Waals surface area contributed by atoms with Crippen molar-refractivity contribution >= 4 is 18.0 Å². The van der Waals surface area contributed by atoms with Crippen molar-refractivity contribution in [2.75, 3.05) is 40.3 Å². The molecule has 154 valence electrons. The van der Waals surface area contributed by atoms with Gasteiger partial charge in [0.15, 0.2) is 0 Å². The van der Waals surface area contributed by atoms with Crippen LogP contribution >= 0.6 is 0 Å². The molecule has 1 atom stereocenters. The van der Waals surface area contributed by atoms with Gasteiger partial charge >= 0.3 is 18.0 Å². The quantitative estimate of drug-likeness (QED) is 0.743. The molecule has 4 amide bonds. The topological polar surface area (TPSA) is 93.2 Å². The van der Waals surface area contributed by atoms with Gasteiger partial charge in [-0.05, 0) is 24.8 Å². The molecule has 2 N–H and O–H groups in total. The van der Waals surface area contributed by atoms with Gasteiger partial charge in [-0.2, -0.15) is 0 Å². The summed E-state index contributed by atoms with van der Waals surface area (Å²) in [6, 6.07) is 7.66. The number of carbonyl (C=O) groups excluding carboxylic acids is 2. The van der Waals surface area contributed by atoms with Gasteiger partial charge in [0.25, 0.3) is 0 Å². The number of carboxylic acid groups (broad SMARTS) is 1. The second kappa shape index (κ2) is 10.5. The Morgan fingerprint density at radius 2 is 1.64 bits per heavy atom. The average molecular weight is 390 g/mol. The third-order valence-electron chi connectivity index (χ3n) is 4.95. The second-order valence-electron chi connectivity index (χ2n) is 7.20. The van der Waals surface area contributed by atoms with Crippen molar-refractivity contribution < 1.29 is 19.5 Å². The molecule has 1 saturated heterocycles. The molecule has 0 spiro atoms. The molecule has 1 heterocycles. The zero-order chi connectivity index (χ0) is 20.5. The van der Waals surface area contributed by atoms with Gasteiger partial charge in [-0.1, -0.05) is 30.3 Å². The number of benzene rings is 1. The van der Waals surface area contributed by atoms with E-state index in [1.165, 1.54) is 4.90 Å². The highest BCUT2D eigenvalue weighted by Gasteiger charge is 2.23. The molecule has 2 rings (SSSR count). The molecule has 0 saturated carbocycles. The van der Waals surface area contributed by atoms with Crippen LogP contribution in [-0.2, 0) is 11.2 Å². The number of amides is 4. The van der Waals surface area contributed by atoms with E-state index in [-0.39, 0.29) is 12.5 Å². The Morgan fingerprint density at radius 3 is 2.25 bits per heavy atom. The van der Waals surface area contributed by atoms with Crippen LogP contribution in [0.5, 0.6) is 0 Å². The number of hydrogen-bond acceptors (Lipinski definition) is 3. The Kier molecular flexibility index (Phi) is 8.10. The van der Waals surface area contributed by atoms with Crippen LogP contribution in [0.2, 0.25) is 0 Å². The summed E-state index contributed by atoms with van der Waals surface area (Å²) in [7, 11) is 3.31. The van der Waals surface area contributed by atoms with Gasteiger partial charge in [-0.3, -0.25) is 0 Å². The Hall–Kier alpha value is -2.77. The number of likely N-dealkylation sites (tertiary alicyclic amines) is 1. The third kappa shape index (κ3) is 6.44. The third-order valence-corrected chi connectivity index (χ3v) is 4.95. The lowest BCUT2D eigenvalue weighted by molar-refractivity contribution is -0.139. The highest BCUT2D eigenvalue weighted by atomic mass is 16.4. The number of carboxylic acids is 1. The lowest BCUT2D eigenvalue weighted by Crippen LogP contribution is -2.50. The minimum absolute atomic E-state index is 0.0269. The average Bonchev–Trinajstić information content (AvgIpc) is 2.71. The summed E-state index contributed by atoms with van der Waals surface area (Å²) in [5, 5.41) is 12.0. The fourth-order valence-corrected chi connectivity index (χ4v) is 3.13. The van der Waals surface area contributed by atoms with E-state index in [9.17, 15) is 19.5 Å². The van der Waals surface area contributed by atoms with E-state index < -0.39 is 18.0 Å². The van der Waals surface area contributed by atoms with Crippen LogP contribution in [0.3, 0.4) is 0 Å². The highest BCUT2D eigenvalue weighted by Crippen LogP contribution is 2.10. The Morgan fingerprint density at radius 1 is 1.04 bits per heavy atom. The van der Waals surface area contributed by atoms with Crippen molar-refractivity contribution in [3.05, 3.63) is 35.9 Å². The lowest BCUT2D eigenvalue weighted by Gasteiger charge is -2.32. The van der Waals surface area contributed by atoms with Gasteiger partial charge in [0, 0.05) is 46.7 Å². The maximum absolute atomic E-state index is 12.4. The first kappa shape index (κ1) is 21.5. The summed E-state index contributed by atoms with van der Waals surface area (Å²) in [6.45, 7) is 2.26.